The number of hydrogen-bond donors (Lipinski definition) is 0. The molecule has 3 nitrogen and oxygen atoms in total. The molecule has 0 aliphatic heterocycles. The van der Waals surface area contributed by atoms with E-state index in [-0.39, 0.29) is 5.69 Å². The zero-order valence-corrected chi connectivity index (χ0v) is 15.4. The molecule has 0 spiro atoms. The number of alkyl halides is 5. The van der Waals surface area contributed by atoms with E-state index in [0.29, 0.717) is 12.2 Å². The van der Waals surface area contributed by atoms with Crippen molar-refractivity contribution < 1.29 is 31.2 Å². The summed E-state index contributed by atoms with van der Waals surface area (Å²) in [6.45, 7) is 4.50. The highest BCUT2D eigenvalue weighted by molar-refractivity contribution is 6.70. The molecule has 0 amide bonds. The van der Waals surface area contributed by atoms with Gasteiger partial charge in [0.25, 0.3) is 0 Å². The van der Waals surface area contributed by atoms with Crippen LogP contribution in [0.4, 0.5) is 27.6 Å². The van der Waals surface area contributed by atoms with E-state index in [4.69, 9.17) is 4.43 Å². The van der Waals surface area contributed by atoms with E-state index in [2.05, 4.69) is 4.99 Å². The summed E-state index contributed by atoms with van der Waals surface area (Å²) in [6.07, 6.45) is -5.58. The molecule has 1 aliphatic rings. The van der Waals surface area contributed by atoms with Crippen LogP contribution in [0, 0.1) is 0 Å². The van der Waals surface area contributed by atoms with Crippen LogP contribution in [0.1, 0.15) is 6.42 Å². The van der Waals surface area contributed by atoms with Gasteiger partial charge < -0.3 is 4.43 Å². The summed E-state index contributed by atoms with van der Waals surface area (Å²) >= 11 is 0. The molecule has 0 fully saturated rings. The fraction of sp³-hybridized carbons (Fsp3) is 0.412. The van der Waals surface area contributed by atoms with Gasteiger partial charge in [-0.15, -0.1) is 0 Å². The SMILES string of the molecule is C[Si](C)(C)OC1(C(F)(F)C(F)(F)F)C=CC(=O)C(=Nc2ccccc2)C1. The summed E-state index contributed by atoms with van der Waals surface area (Å²) in [6, 6.07) is 7.93. The lowest BCUT2D eigenvalue weighted by Gasteiger charge is -2.44. The van der Waals surface area contributed by atoms with Gasteiger partial charge in [-0.1, -0.05) is 18.2 Å². The maximum absolute atomic E-state index is 14.4. The van der Waals surface area contributed by atoms with Gasteiger partial charge in [0.2, 0.25) is 0 Å². The van der Waals surface area contributed by atoms with E-state index in [1.807, 2.05) is 0 Å². The van der Waals surface area contributed by atoms with Crippen molar-refractivity contribution in [3.8, 4) is 0 Å². The lowest BCUT2D eigenvalue weighted by Crippen LogP contribution is -2.62. The van der Waals surface area contributed by atoms with E-state index >= 15 is 0 Å². The van der Waals surface area contributed by atoms with Crippen LogP contribution in [0.5, 0.6) is 0 Å². The third-order valence-electron chi connectivity index (χ3n) is 3.61. The second-order valence-corrected chi connectivity index (χ2v) is 11.4. The molecule has 1 aromatic rings. The summed E-state index contributed by atoms with van der Waals surface area (Å²) in [5, 5.41) is 0. The maximum Gasteiger partial charge on any atom is 0.456 e. The van der Waals surface area contributed by atoms with Gasteiger partial charge >= 0.3 is 12.1 Å². The molecule has 1 aliphatic carbocycles. The summed E-state index contributed by atoms with van der Waals surface area (Å²) in [5.74, 6) is -5.91. The van der Waals surface area contributed by atoms with Crippen LogP contribution in [-0.2, 0) is 9.22 Å². The molecule has 26 heavy (non-hydrogen) atoms. The minimum Gasteiger partial charge on any atom is -0.402 e. The van der Waals surface area contributed by atoms with Crippen molar-refractivity contribution in [2.24, 2.45) is 4.99 Å². The molecule has 1 unspecified atom stereocenters. The van der Waals surface area contributed by atoms with Crippen molar-refractivity contribution in [2.45, 2.75) is 43.8 Å². The van der Waals surface area contributed by atoms with E-state index in [1.54, 1.807) is 18.2 Å². The molecule has 1 atom stereocenters. The average molecular weight is 391 g/mol. The minimum absolute atomic E-state index is 0.281. The summed E-state index contributed by atoms with van der Waals surface area (Å²) in [7, 11) is -2.85. The average Bonchev–Trinajstić information content (AvgIpc) is 2.49. The number of nitrogens with zero attached hydrogens (tertiary/aromatic N) is 1. The summed E-state index contributed by atoms with van der Waals surface area (Å²) in [4.78, 5) is 16.0. The van der Waals surface area contributed by atoms with Crippen LogP contribution >= 0.6 is 0 Å². The van der Waals surface area contributed by atoms with Crippen molar-refractivity contribution in [1.82, 2.24) is 0 Å². The first-order chi connectivity index (χ1) is 11.8. The molecule has 142 valence electrons. The molecule has 0 radical (unpaired) electrons. The maximum atomic E-state index is 14.4. The third-order valence-corrected chi connectivity index (χ3v) is 4.59. The molecule has 0 heterocycles. The Bertz CT molecular complexity index is 738. The predicted molar refractivity (Wildman–Crippen MR) is 90.5 cm³/mol. The smallest absolute Gasteiger partial charge is 0.402 e. The molecule has 0 saturated carbocycles. The standard InChI is InChI=1S/C17H18F5NO2Si/c1-26(2,3)25-15(16(18,19)17(20,21)22)10-9-14(24)13(11-15)23-12-7-5-4-6-8-12/h4-10H,11H2,1-3H3. The molecule has 0 bridgehead atoms. The van der Waals surface area contributed by atoms with Crippen LogP contribution in [0.15, 0.2) is 47.5 Å². The molecular formula is C17H18F5NO2Si. The number of para-hydroxylation sites is 1. The van der Waals surface area contributed by atoms with Crippen LogP contribution in [-0.4, -0.2) is 37.5 Å². The van der Waals surface area contributed by atoms with Gasteiger partial charge in [0, 0.05) is 6.42 Å². The summed E-state index contributed by atoms with van der Waals surface area (Å²) < 4.78 is 73.5. The highest BCUT2D eigenvalue weighted by Gasteiger charge is 2.71. The van der Waals surface area contributed by atoms with Crippen molar-refractivity contribution >= 4 is 25.5 Å². The normalized spacial score (nSPS) is 23.5. The molecule has 1 aromatic carbocycles. The number of halogens is 5. The van der Waals surface area contributed by atoms with Crippen molar-refractivity contribution in [2.75, 3.05) is 0 Å². The highest BCUT2D eigenvalue weighted by Crippen LogP contribution is 2.50. The Morgan fingerprint density at radius 2 is 1.65 bits per heavy atom. The lowest BCUT2D eigenvalue weighted by atomic mass is 9.83. The number of hydrogen-bond acceptors (Lipinski definition) is 3. The van der Waals surface area contributed by atoms with Crippen molar-refractivity contribution in [1.29, 1.82) is 0 Å². The number of carbonyl (C=O) groups excluding carboxylic acids is 1. The molecule has 0 aromatic heterocycles. The number of allylic oxidation sites excluding steroid dienone is 1. The number of aliphatic imine (C=N–C) groups is 1. The van der Waals surface area contributed by atoms with E-state index < -0.39 is 43.9 Å². The monoisotopic (exact) mass is 391 g/mol. The predicted octanol–water partition coefficient (Wildman–Crippen LogP) is 5.08. The Labute approximate surface area is 148 Å². The third kappa shape index (κ3) is 4.09. The lowest BCUT2D eigenvalue weighted by molar-refractivity contribution is -0.326. The molecule has 0 N–H and O–H groups in total. The van der Waals surface area contributed by atoms with Gasteiger partial charge in [0.05, 0.1) is 11.4 Å². The zero-order valence-electron chi connectivity index (χ0n) is 14.4. The Morgan fingerprint density at radius 3 is 2.15 bits per heavy atom. The molecular weight excluding hydrogens is 373 g/mol. The van der Waals surface area contributed by atoms with Crippen LogP contribution in [0.3, 0.4) is 0 Å². The Kier molecular flexibility index (Phi) is 5.26. The molecule has 0 saturated heterocycles. The largest absolute Gasteiger partial charge is 0.456 e. The number of benzene rings is 1. The Morgan fingerprint density at radius 1 is 1.08 bits per heavy atom. The number of ketones is 1. The second kappa shape index (κ2) is 6.69. The van der Waals surface area contributed by atoms with Gasteiger partial charge in [-0.2, -0.15) is 22.0 Å². The van der Waals surface area contributed by atoms with Crippen molar-refractivity contribution in [3.63, 3.8) is 0 Å². The van der Waals surface area contributed by atoms with E-state index in [9.17, 15) is 26.7 Å². The van der Waals surface area contributed by atoms with Crippen molar-refractivity contribution in [3.05, 3.63) is 42.5 Å². The van der Waals surface area contributed by atoms with Crippen LogP contribution in [0.2, 0.25) is 19.6 Å². The second-order valence-electron chi connectivity index (χ2n) is 6.94. The van der Waals surface area contributed by atoms with Gasteiger partial charge in [-0.05, 0) is 43.9 Å². The summed E-state index contributed by atoms with van der Waals surface area (Å²) in [5.41, 5.74) is -3.12. The van der Waals surface area contributed by atoms with Crippen LogP contribution < -0.4 is 0 Å². The van der Waals surface area contributed by atoms with Gasteiger partial charge in [-0.25, -0.2) is 4.99 Å². The molecule has 9 heteroatoms. The first-order valence-electron chi connectivity index (χ1n) is 7.78. The number of rotatable bonds is 4. The topological polar surface area (TPSA) is 38.7 Å². The fourth-order valence-corrected chi connectivity index (χ4v) is 3.95. The highest BCUT2D eigenvalue weighted by atomic mass is 28.4. The van der Waals surface area contributed by atoms with Crippen LogP contribution in [0.25, 0.3) is 0 Å². The fourth-order valence-electron chi connectivity index (χ4n) is 2.59. The van der Waals surface area contributed by atoms with Gasteiger partial charge in [-0.3, -0.25) is 4.79 Å². The first-order valence-corrected chi connectivity index (χ1v) is 11.2. The first kappa shape index (κ1) is 20.4. The number of carbonyl (C=O) groups is 1. The van der Waals surface area contributed by atoms with E-state index in [1.165, 1.54) is 31.8 Å². The quantitative estimate of drug-likeness (QED) is 0.531. The molecule has 2 rings (SSSR count). The minimum atomic E-state index is -5.84. The Hall–Kier alpha value is -1.87. The van der Waals surface area contributed by atoms with Gasteiger partial charge in [0.1, 0.15) is 0 Å². The van der Waals surface area contributed by atoms with E-state index in [0.717, 1.165) is 0 Å². The zero-order chi connectivity index (χ0) is 19.8. The van der Waals surface area contributed by atoms with Gasteiger partial charge in [0.15, 0.2) is 19.7 Å². The Balaban J connectivity index is 2.57.